The number of thiazole rings is 1. The summed E-state index contributed by atoms with van der Waals surface area (Å²) in [4.78, 5) is 29.0. The lowest BCUT2D eigenvalue weighted by Gasteiger charge is -2.05. The molecule has 29 heavy (non-hydrogen) atoms. The second-order valence-electron chi connectivity index (χ2n) is 6.22. The molecule has 0 spiro atoms. The van der Waals surface area contributed by atoms with Gasteiger partial charge in [-0.3, -0.25) is 14.9 Å². The van der Waals surface area contributed by atoms with E-state index >= 15 is 0 Å². The zero-order valence-corrected chi connectivity index (χ0v) is 15.9. The predicted molar refractivity (Wildman–Crippen MR) is 109 cm³/mol. The molecule has 146 valence electrons. The van der Waals surface area contributed by atoms with Crippen molar-refractivity contribution >= 4 is 39.7 Å². The van der Waals surface area contributed by atoms with Gasteiger partial charge in [-0.15, -0.1) is 16.4 Å². The van der Waals surface area contributed by atoms with Crippen LogP contribution in [0.25, 0.3) is 16.2 Å². The summed E-state index contributed by atoms with van der Waals surface area (Å²) in [6.07, 6.45) is -0.0356. The van der Waals surface area contributed by atoms with Gasteiger partial charge in [0.05, 0.1) is 5.69 Å². The molecule has 9 heteroatoms. The number of fused-ring (bicyclic) bond motifs is 1. The van der Waals surface area contributed by atoms with Crippen molar-refractivity contribution in [2.45, 2.75) is 12.8 Å². The van der Waals surface area contributed by atoms with Gasteiger partial charge in [-0.1, -0.05) is 30.3 Å². The second kappa shape index (κ2) is 8.19. The Morgan fingerprint density at radius 1 is 0.966 bits per heavy atom. The lowest BCUT2D eigenvalue weighted by atomic mass is 10.2. The van der Waals surface area contributed by atoms with E-state index in [0.717, 1.165) is 11.3 Å². The summed E-state index contributed by atoms with van der Waals surface area (Å²) in [5.41, 5.74) is 2.36. The molecule has 0 unspecified atom stereocenters. The van der Waals surface area contributed by atoms with E-state index in [1.54, 1.807) is 4.52 Å². The van der Waals surface area contributed by atoms with Gasteiger partial charge in [0.15, 0.2) is 0 Å². The lowest BCUT2D eigenvalue weighted by Crippen LogP contribution is -2.18. The van der Waals surface area contributed by atoms with Crippen molar-refractivity contribution < 1.29 is 14.0 Å². The molecule has 0 aliphatic heterocycles. The van der Waals surface area contributed by atoms with Crippen LogP contribution in [0.15, 0.2) is 60.0 Å². The number of amides is 2. The molecule has 0 aliphatic carbocycles. The van der Waals surface area contributed by atoms with Crippen LogP contribution < -0.4 is 10.6 Å². The molecule has 0 radical (unpaired) electrons. The maximum absolute atomic E-state index is 12.9. The molecule has 4 rings (SSSR count). The van der Waals surface area contributed by atoms with Crippen LogP contribution in [-0.2, 0) is 9.59 Å². The van der Waals surface area contributed by atoms with E-state index in [4.69, 9.17) is 0 Å². The van der Waals surface area contributed by atoms with Crippen LogP contribution in [0.2, 0.25) is 0 Å². The monoisotopic (exact) mass is 409 g/mol. The number of hydrogen-bond acceptors (Lipinski definition) is 5. The molecule has 0 aliphatic rings. The summed E-state index contributed by atoms with van der Waals surface area (Å²) in [5, 5.41) is 11.5. The number of carbonyl (C=O) groups is 2. The summed E-state index contributed by atoms with van der Waals surface area (Å²) in [6.45, 7) is 0. The van der Waals surface area contributed by atoms with Gasteiger partial charge < -0.3 is 5.32 Å². The minimum atomic E-state index is -0.384. The minimum absolute atomic E-state index is 0.0132. The smallest absolute Gasteiger partial charge is 0.250 e. The number of anilines is 2. The SMILES string of the molecule is O=C(CCC(=O)Nc1nc2scc(-c3ccccc3)n2n1)Nc1ccc(F)cc1. The van der Waals surface area contributed by atoms with Crippen molar-refractivity contribution in [1.29, 1.82) is 0 Å². The van der Waals surface area contributed by atoms with Gasteiger partial charge in [-0.25, -0.2) is 8.91 Å². The maximum Gasteiger partial charge on any atom is 0.250 e. The van der Waals surface area contributed by atoms with Crippen molar-refractivity contribution in [1.82, 2.24) is 14.6 Å². The fraction of sp³-hybridized carbons (Fsp3) is 0.100. The highest BCUT2D eigenvalue weighted by Gasteiger charge is 2.14. The standard InChI is InChI=1S/C20H16FN5O2S/c21-14-6-8-15(9-7-14)22-17(27)10-11-18(28)23-19-24-20-26(25-19)16(12-29-20)13-4-2-1-3-5-13/h1-9,12H,10-11H2,(H,22,27)(H,23,25,28). The average Bonchev–Trinajstić information content (AvgIpc) is 3.29. The van der Waals surface area contributed by atoms with Crippen molar-refractivity contribution in [3.05, 3.63) is 65.8 Å². The van der Waals surface area contributed by atoms with Crippen molar-refractivity contribution in [2.24, 2.45) is 0 Å². The van der Waals surface area contributed by atoms with Crippen molar-refractivity contribution in [2.75, 3.05) is 10.6 Å². The molecular weight excluding hydrogens is 393 g/mol. The molecule has 2 N–H and O–H groups in total. The van der Waals surface area contributed by atoms with Crippen molar-refractivity contribution in [3.63, 3.8) is 0 Å². The van der Waals surface area contributed by atoms with Crippen LogP contribution in [0.5, 0.6) is 0 Å². The number of hydrogen-bond donors (Lipinski definition) is 2. The molecule has 2 aromatic carbocycles. The zero-order chi connectivity index (χ0) is 20.2. The molecule has 2 amide bonds. The Morgan fingerprint density at radius 2 is 1.66 bits per heavy atom. The molecule has 2 heterocycles. The van der Waals surface area contributed by atoms with Crippen LogP contribution >= 0.6 is 11.3 Å². The molecule has 0 atom stereocenters. The molecule has 0 fully saturated rings. The Balaban J connectivity index is 1.35. The van der Waals surface area contributed by atoms with Gasteiger partial charge in [0, 0.05) is 29.5 Å². The summed E-state index contributed by atoms with van der Waals surface area (Å²) in [6, 6.07) is 15.2. The van der Waals surface area contributed by atoms with E-state index in [-0.39, 0.29) is 36.4 Å². The number of benzene rings is 2. The van der Waals surface area contributed by atoms with E-state index in [2.05, 4.69) is 20.7 Å². The fourth-order valence-electron chi connectivity index (χ4n) is 2.71. The van der Waals surface area contributed by atoms with Crippen molar-refractivity contribution in [3.8, 4) is 11.3 Å². The molecular formula is C20H16FN5O2S. The Hall–Kier alpha value is -3.59. The Bertz CT molecular complexity index is 1150. The van der Waals surface area contributed by atoms with Crippen LogP contribution in [0.4, 0.5) is 16.0 Å². The number of nitrogens with one attached hydrogen (secondary N) is 2. The minimum Gasteiger partial charge on any atom is -0.326 e. The normalized spacial score (nSPS) is 10.8. The molecule has 2 aromatic heterocycles. The first-order valence-corrected chi connectivity index (χ1v) is 9.71. The van der Waals surface area contributed by atoms with Crippen LogP contribution in [0, 0.1) is 5.82 Å². The molecule has 0 saturated heterocycles. The zero-order valence-electron chi connectivity index (χ0n) is 15.1. The third kappa shape index (κ3) is 4.46. The highest BCUT2D eigenvalue weighted by atomic mass is 32.1. The van der Waals surface area contributed by atoms with Crippen LogP contribution in [0.3, 0.4) is 0 Å². The van der Waals surface area contributed by atoms with Gasteiger partial charge in [0.2, 0.25) is 22.7 Å². The van der Waals surface area contributed by atoms with E-state index in [0.29, 0.717) is 10.6 Å². The predicted octanol–water partition coefficient (Wildman–Crippen LogP) is 3.95. The molecule has 7 nitrogen and oxygen atoms in total. The highest BCUT2D eigenvalue weighted by molar-refractivity contribution is 7.15. The topological polar surface area (TPSA) is 88.4 Å². The molecule has 0 bridgehead atoms. The van der Waals surface area contributed by atoms with Gasteiger partial charge in [-0.05, 0) is 24.3 Å². The van der Waals surface area contributed by atoms with Crippen LogP contribution in [0.1, 0.15) is 12.8 Å². The summed E-state index contributed by atoms with van der Waals surface area (Å²) < 4.78 is 14.6. The van der Waals surface area contributed by atoms with E-state index < -0.39 is 0 Å². The third-order valence-electron chi connectivity index (χ3n) is 4.11. The Labute approximate surface area is 169 Å². The van der Waals surface area contributed by atoms with Gasteiger partial charge in [-0.2, -0.15) is 4.98 Å². The fourth-order valence-corrected chi connectivity index (χ4v) is 3.54. The first kappa shape index (κ1) is 18.8. The molecule has 4 aromatic rings. The first-order valence-electron chi connectivity index (χ1n) is 8.83. The first-order chi connectivity index (χ1) is 14.1. The quantitative estimate of drug-likeness (QED) is 0.505. The summed E-state index contributed by atoms with van der Waals surface area (Å²) in [7, 11) is 0. The maximum atomic E-state index is 12.9. The number of halogens is 1. The average molecular weight is 409 g/mol. The van der Waals surface area contributed by atoms with E-state index in [1.165, 1.54) is 35.6 Å². The highest BCUT2D eigenvalue weighted by Crippen LogP contribution is 2.25. The lowest BCUT2D eigenvalue weighted by molar-refractivity contribution is -0.121. The Kier molecular flexibility index (Phi) is 5.30. The van der Waals surface area contributed by atoms with Crippen LogP contribution in [-0.4, -0.2) is 26.4 Å². The largest absolute Gasteiger partial charge is 0.326 e. The summed E-state index contributed by atoms with van der Waals surface area (Å²) in [5.74, 6) is -0.890. The summed E-state index contributed by atoms with van der Waals surface area (Å²) >= 11 is 1.42. The number of nitrogens with zero attached hydrogens (tertiary/aromatic N) is 3. The van der Waals surface area contributed by atoms with Gasteiger partial charge >= 0.3 is 0 Å². The Morgan fingerprint density at radius 3 is 2.38 bits per heavy atom. The van der Waals surface area contributed by atoms with Gasteiger partial charge in [0.25, 0.3) is 0 Å². The number of carbonyl (C=O) groups excluding carboxylic acids is 2. The third-order valence-corrected chi connectivity index (χ3v) is 4.93. The second-order valence-corrected chi connectivity index (χ2v) is 7.06. The van der Waals surface area contributed by atoms with E-state index in [9.17, 15) is 14.0 Å². The van der Waals surface area contributed by atoms with E-state index in [1.807, 2.05) is 35.7 Å². The van der Waals surface area contributed by atoms with Gasteiger partial charge in [0.1, 0.15) is 5.82 Å². The number of rotatable bonds is 6. The molecule has 0 saturated carbocycles. The number of aromatic nitrogens is 3.